The van der Waals surface area contributed by atoms with Crippen LogP contribution in [0.5, 0.6) is 0 Å². The van der Waals surface area contributed by atoms with Crippen LogP contribution in [0.4, 0.5) is 10.1 Å². The fourth-order valence-electron chi connectivity index (χ4n) is 5.17. The van der Waals surface area contributed by atoms with Gasteiger partial charge >= 0.3 is 0 Å². The van der Waals surface area contributed by atoms with Gasteiger partial charge in [-0.3, -0.25) is 9.69 Å². The Morgan fingerprint density at radius 2 is 2.03 bits per heavy atom. The van der Waals surface area contributed by atoms with E-state index in [1.54, 1.807) is 24.3 Å². The van der Waals surface area contributed by atoms with Crippen LogP contribution < -0.4 is 5.32 Å². The number of carbonyl (C=O) groups excluding carboxylic acids is 1. The van der Waals surface area contributed by atoms with Crippen LogP contribution in [0.15, 0.2) is 36.4 Å². The highest BCUT2D eigenvalue weighted by Gasteiger charge is 2.63. The fraction of sp³-hybridized carbons (Fsp3) is 0.409. The van der Waals surface area contributed by atoms with Crippen LogP contribution in [0, 0.1) is 11.7 Å². The van der Waals surface area contributed by atoms with Crippen molar-refractivity contribution in [2.45, 2.75) is 36.8 Å². The summed E-state index contributed by atoms with van der Waals surface area (Å²) in [6.45, 7) is 0.600. The molecule has 2 N–H and O–H groups in total. The van der Waals surface area contributed by atoms with E-state index in [2.05, 4.69) is 10.2 Å². The van der Waals surface area contributed by atoms with Crippen molar-refractivity contribution >= 4 is 34.8 Å². The van der Waals surface area contributed by atoms with Crippen LogP contribution in [0.2, 0.25) is 10.0 Å². The van der Waals surface area contributed by atoms with Gasteiger partial charge in [-0.25, -0.2) is 4.39 Å². The third-order valence-electron chi connectivity index (χ3n) is 6.61. The van der Waals surface area contributed by atoms with Crippen molar-refractivity contribution < 1.29 is 14.3 Å². The van der Waals surface area contributed by atoms with Gasteiger partial charge in [-0.1, -0.05) is 41.4 Å². The topological polar surface area (TPSA) is 52.6 Å². The number of nitrogens with one attached hydrogen (secondary N) is 1. The monoisotopic (exact) mass is 434 g/mol. The van der Waals surface area contributed by atoms with Crippen molar-refractivity contribution in [3.63, 3.8) is 0 Å². The predicted octanol–water partition coefficient (Wildman–Crippen LogP) is 4.54. The van der Waals surface area contributed by atoms with Crippen molar-refractivity contribution in [1.29, 1.82) is 0 Å². The van der Waals surface area contributed by atoms with Gasteiger partial charge in [0.1, 0.15) is 11.4 Å². The van der Waals surface area contributed by atoms with E-state index in [4.69, 9.17) is 23.2 Å². The van der Waals surface area contributed by atoms with E-state index in [-0.39, 0.29) is 23.6 Å². The van der Waals surface area contributed by atoms with Crippen LogP contribution in [-0.2, 0) is 10.3 Å². The molecule has 4 nitrogen and oxygen atoms in total. The molecule has 1 amide bonds. The molecule has 0 unspecified atom stereocenters. The van der Waals surface area contributed by atoms with Crippen molar-refractivity contribution in [3.05, 3.63) is 63.4 Å². The molecule has 3 atom stereocenters. The molecule has 2 aromatic rings. The summed E-state index contributed by atoms with van der Waals surface area (Å²) in [4.78, 5) is 15.7. The summed E-state index contributed by atoms with van der Waals surface area (Å²) in [5.41, 5.74) is 0.746. The van der Waals surface area contributed by atoms with Crippen molar-refractivity contribution in [1.82, 2.24) is 4.90 Å². The second-order valence-electron chi connectivity index (χ2n) is 8.27. The number of halogens is 3. The minimum atomic E-state index is -1.10. The number of benzene rings is 2. The normalized spacial score (nSPS) is 28.8. The number of amides is 1. The number of carbonyl (C=O) groups is 1. The minimum Gasteiger partial charge on any atom is -0.395 e. The van der Waals surface area contributed by atoms with Crippen molar-refractivity contribution in [2.75, 3.05) is 18.5 Å². The zero-order valence-corrected chi connectivity index (χ0v) is 17.2. The molecular formula is C22H21Cl2FN2O2. The molecule has 3 aliphatic rings. The van der Waals surface area contributed by atoms with E-state index >= 15 is 4.39 Å². The predicted molar refractivity (Wildman–Crippen MR) is 111 cm³/mol. The number of nitrogens with zero attached hydrogens (tertiary/aromatic N) is 1. The Bertz CT molecular complexity index is 997. The summed E-state index contributed by atoms with van der Waals surface area (Å²) in [6.07, 6.45) is 2.68. The molecule has 2 aromatic carbocycles. The van der Waals surface area contributed by atoms with Gasteiger partial charge in [0.2, 0.25) is 5.91 Å². The van der Waals surface area contributed by atoms with Gasteiger partial charge in [-0.15, -0.1) is 0 Å². The van der Waals surface area contributed by atoms with Gasteiger partial charge in [0.15, 0.2) is 0 Å². The molecule has 2 heterocycles. The Kier molecular flexibility index (Phi) is 4.63. The average molecular weight is 435 g/mol. The van der Waals surface area contributed by atoms with Gasteiger partial charge in [0.25, 0.3) is 0 Å². The number of aliphatic hydroxyl groups excluding tert-OH is 1. The van der Waals surface area contributed by atoms with Crippen LogP contribution in [0.25, 0.3) is 0 Å². The third-order valence-corrected chi connectivity index (χ3v) is 7.14. The van der Waals surface area contributed by atoms with Crippen LogP contribution in [-0.4, -0.2) is 35.1 Å². The summed E-state index contributed by atoms with van der Waals surface area (Å²) in [5.74, 6) is -0.679. The van der Waals surface area contributed by atoms with Gasteiger partial charge < -0.3 is 10.4 Å². The molecule has 2 aliphatic heterocycles. The molecule has 0 aromatic heterocycles. The molecule has 7 heteroatoms. The number of anilines is 1. The van der Waals surface area contributed by atoms with Crippen molar-refractivity contribution in [2.24, 2.45) is 5.92 Å². The van der Waals surface area contributed by atoms with E-state index in [0.717, 1.165) is 18.4 Å². The minimum absolute atomic E-state index is 0.0357. The molecular weight excluding hydrogens is 414 g/mol. The standard InChI is InChI=1S/C22H21Cl2FN2O2/c23-13-6-7-16-19(8-13)26-21(29)22(16)17(15-2-1-3-18(24)20(15)25)9-14(11-28)27(22)10-12-4-5-12/h1-3,6-8,12,14,17,28H,4-5,9-11H2,(H,26,29)/t14-,17-,22-/m1/s1. The fourth-order valence-corrected chi connectivity index (χ4v) is 5.52. The first kappa shape index (κ1) is 19.3. The maximum Gasteiger partial charge on any atom is 0.250 e. The molecule has 152 valence electrons. The average Bonchev–Trinajstić information content (AvgIpc) is 3.39. The molecule has 0 bridgehead atoms. The Labute approximate surface area is 178 Å². The lowest BCUT2D eigenvalue weighted by Crippen LogP contribution is -2.53. The summed E-state index contributed by atoms with van der Waals surface area (Å²) in [5, 5.41) is 13.7. The highest BCUT2D eigenvalue weighted by Crippen LogP contribution is 2.58. The van der Waals surface area contributed by atoms with E-state index in [1.165, 1.54) is 6.07 Å². The zero-order valence-electron chi connectivity index (χ0n) is 15.7. The highest BCUT2D eigenvalue weighted by molar-refractivity contribution is 6.31. The van der Waals surface area contributed by atoms with E-state index in [0.29, 0.717) is 35.2 Å². The van der Waals surface area contributed by atoms with Gasteiger partial charge in [-0.2, -0.15) is 0 Å². The molecule has 1 aliphatic carbocycles. The van der Waals surface area contributed by atoms with E-state index < -0.39 is 17.3 Å². The largest absolute Gasteiger partial charge is 0.395 e. The van der Waals surface area contributed by atoms with Gasteiger partial charge in [-0.05, 0) is 48.9 Å². The van der Waals surface area contributed by atoms with Crippen LogP contribution in [0.3, 0.4) is 0 Å². The SMILES string of the molecule is O=C1Nc2cc(Cl)ccc2[C@@]12[C@@H](c1cccc(Cl)c1F)C[C@H](CO)N2CC1CC1. The Hall–Kier alpha value is -1.66. The summed E-state index contributed by atoms with van der Waals surface area (Å²) in [6, 6.07) is 10.0. The summed E-state index contributed by atoms with van der Waals surface area (Å²) < 4.78 is 15.1. The zero-order chi connectivity index (χ0) is 20.3. The smallest absolute Gasteiger partial charge is 0.250 e. The summed E-state index contributed by atoms with van der Waals surface area (Å²) >= 11 is 12.3. The number of aliphatic hydroxyl groups is 1. The second kappa shape index (κ2) is 6.95. The molecule has 5 rings (SSSR count). The van der Waals surface area contributed by atoms with Gasteiger partial charge in [0.05, 0.1) is 11.6 Å². The Morgan fingerprint density at radius 3 is 2.76 bits per heavy atom. The van der Waals surface area contributed by atoms with E-state index in [9.17, 15) is 9.90 Å². The first-order valence-corrected chi connectivity index (χ1v) is 10.7. The molecule has 1 saturated carbocycles. The third kappa shape index (κ3) is 2.82. The summed E-state index contributed by atoms with van der Waals surface area (Å²) in [7, 11) is 0. The molecule has 1 spiro atoms. The van der Waals surface area contributed by atoms with E-state index in [1.807, 2.05) is 6.07 Å². The number of likely N-dealkylation sites (tertiary alicyclic amines) is 1. The van der Waals surface area contributed by atoms with Gasteiger partial charge in [0, 0.05) is 34.8 Å². The lowest BCUT2D eigenvalue weighted by atomic mass is 9.75. The second-order valence-corrected chi connectivity index (χ2v) is 9.12. The molecule has 0 radical (unpaired) electrons. The number of hydrogen-bond acceptors (Lipinski definition) is 3. The lowest BCUT2D eigenvalue weighted by Gasteiger charge is -2.39. The Morgan fingerprint density at radius 1 is 1.24 bits per heavy atom. The number of hydrogen-bond donors (Lipinski definition) is 2. The van der Waals surface area contributed by atoms with Crippen LogP contribution in [0.1, 0.15) is 36.3 Å². The van der Waals surface area contributed by atoms with Crippen LogP contribution >= 0.6 is 23.2 Å². The van der Waals surface area contributed by atoms with Crippen molar-refractivity contribution in [3.8, 4) is 0 Å². The number of rotatable bonds is 4. The molecule has 29 heavy (non-hydrogen) atoms. The lowest BCUT2D eigenvalue weighted by molar-refractivity contribution is -0.128. The molecule has 1 saturated heterocycles. The number of fused-ring (bicyclic) bond motifs is 2. The first-order valence-electron chi connectivity index (χ1n) is 9.89. The quantitative estimate of drug-likeness (QED) is 0.742. The Balaban J connectivity index is 1.74. The highest BCUT2D eigenvalue weighted by atomic mass is 35.5. The first-order chi connectivity index (χ1) is 14.0. The maximum atomic E-state index is 15.1. The maximum absolute atomic E-state index is 15.1. The molecule has 2 fully saturated rings.